The zero-order chi connectivity index (χ0) is 15.0. The van der Waals surface area contributed by atoms with Gasteiger partial charge in [0.15, 0.2) is 17.6 Å². The molecule has 1 aromatic carbocycles. The van der Waals surface area contributed by atoms with E-state index >= 15 is 0 Å². The highest BCUT2D eigenvalue weighted by Gasteiger charge is 2.15. The van der Waals surface area contributed by atoms with Gasteiger partial charge in [-0.05, 0) is 13.0 Å². The van der Waals surface area contributed by atoms with Gasteiger partial charge in [-0.3, -0.25) is 0 Å². The van der Waals surface area contributed by atoms with E-state index in [1.807, 2.05) is 6.07 Å². The fourth-order valence-corrected chi connectivity index (χ4v) is 1.87. The van der Waals surface area contributed by atoms with Gasteiger partial charge in [0.1, 0.15) is 6.07 Å². The quantitative estimate of drug-likeness (QED) is 0.747. The van der Waals surface area contributed by atoms with Crippen LogP contribution in [0.4, 0.5) is 0 Å². The Labute approximate surface area is 124 Å². The van der Waals surface area contributed by atoms with Gasteiger partial charge in [-0.2, -0.15) is 5.26 Å². The van der Waals surface area contributed by atoms with E-state index in [1.54, 1.807) is 26.2 Å². The van der Waals surface area contributed by atoms with Crippen LogP contribution in [0, 0.1) is 11.3 Å². The van der Waals surface area contributed by atoms with E-state index in [1.165, 1.54) is 7.11 Å². The third kappa shape index (κ3) is 4.89. The van der Waals surface area contributed by atoms with Crippen LogP contribution in [0.25, 0.3) is 0 Å². The van der Waals surface area contributed by atoms with Crippen molar-refractivity contribution in [3.63, 3.8) is 0 Å². The number of hydrogen-bond acceptors (Lipinski definition) is 5. The highest BCUT2D eigenvalue weighted by molar-refractivity contribution is 6.30. The van der Waals surface area contributed by atoms with Crippen LogP contribution < -0.4 is 14.8 Å². The summed E-state index contributed by atoms with van der Waals surface area (Å²) in [4.78, 5) is 0. The monoisotopic (exact) mass is 298 g/mol. The van der Waals surface area contributed by atoms with Gasteiger partial charge in [-0.25, -0.2) is 0 Å². The first-order chi connectivity index (χ1) is 9.62. The number of nitrogens with zero attached hydrogens (tertiary/aromatic N) is 1. The van der Waals surface area contributed by atoms with E-state index in [-0.39, 0.29) is 0 Å². The summed E-state index contributed by atoms with van der Waals surface area (Å²) in [6, 6.07) is 5.49. The number of nitriles is 1. The molecule has 0 amide bonds. The van der Waals surface area contributed by atoms with Gasteiger partial charge in [0.25, 0.3) is 0 Å². The minimum absolute atomic E-state index is 0.517. The summed E-state index contributed by atoms with van der Waals surface area (Å²) in [7, 11) is 3.19. The second-order valence-electron chi connectivity index (χ2n) is 4.16. The number of ether oxygens (including phenoxy) is 3. The molecule has 0 aliphatic heterocycles. The summed E-state index contributed by atoms with van der Waals surface area (Å²) in [5, 5.41) is 12.6. The van der Waals surface area contributed by atoms with Crippen molar-refractivity contribution in [3.05, 3.63) is 22.7 Å². The molecule has 0 aliphatic rings. The Balaban J connectivity index is 2.93. The molecule has 0 fully saturated rings. The zero-order valence-corrected chi connectivity index (χ0v) is 12.7. The van der Waals surface area contributed by atoms with Crippen molar-refractivity contribution in [1.82, 2.24) is 5.32 Å². The van der Waals surface area contributed by atoms with E-state index in [2.05, 4.69) is 5.32 Å². The first-order valence-electron chi connectivity index (χ1n) is 6.24. The maximum Gasteiger partial charge on any atom is 0.181 e. The lowest BCUT2D eigenvalue weighted by molar-refractivity contribution is 0.198. The molecular formula is C14H19ClN2O3. The second kappa shape index (κ2) is 8.64. The van der Waals surface area contributed by atoms with Gasteiger partial charge >= 0.3 is 0 Å². The van der Waals surface area contributed by atoms with Crippen LogP contribution in [-0.4, -0.2) is 33.5 Å². The lowest BCUT2D eigenvalue weighted by Gasteiger charge is -2.17. The fourth-order valence-electron chi connectivity index (χ4n) is 1.64. The van der Waals surface area contributed by atoms with E-state index in [4.69, 9.17) is 31.1 Å². The first kappa shape index (κ1) is 16.6. The van der Waals surface area contributed by atoms with Gasteiger partial charge in [-0.1, -0.05) is 11.6 Å². The molecule has 1 unspecified atom stereocenters. The molecule has 0 saturated heterocycles. The lowest BCUT2D eigenvalue weighted by Crippen LogP contribution is -2.20. The van der Waals surface area contributed by atoms with Crippen molar-refractivity contribution in [2.45, 2.75) is 19.6 Å². The molecule has 1 rings (SSSR count). The average Bonchev–Trinajstić information content (AvgIpc) is 2.45. The third-order valence-electron chi connectivity index (χ3n) is 2.59. The summed E-state index contributed by atoms with van der Waals surface area (Å²) in [5.41, 5.74) is 0.840. The van der Waals surface area contributed by atoms with Gasteiger partial charge in [0.2, 0.25) is 0 Å². The number of rotatable bonds is 8. The van der Waals surface area contributed by atoms with Crippen LogP contribution >= 0.6 is 11.6 Å². The predicted octanol–water partition coefficient (Wildman–Crippen LogP) is 2.38. The highest BCUT2D eigenvalue weighted by atomic mass is 35.5. The van der Waals surface area contributed by atoms with Crippen LogP contribution in [0.1, 0.15) is 12.5 Å². The fraction of sp³-hybridized carbons (Fsp3) is 0.500. The molecule has 1 aromatic rings. The molecule has 0 radical (unpaired) electrons. The minimum Gasteiger partial charge on any atom is -0.493 e. The topological polar surface area (TPSA) is 63.5 Å². The summed E-state index contributed by atoms with van der Waals surface area (Å²) in [6.07, 6.45) is -0.567. The van der Waals surface area contributed by atoms with Crippen molar-refractivity contribution < 1.29 is 14.2 Å². The number of halogens is 1. The molecule has 1 N–H and O–H groups in total. The molecule has 110 valence electrons. The SMILES string of the molecule is COCCNCc1cc(Cl)cc(OC)c1OC(C)C#N. The van der Waals surface area contributed by atoms with Gasteiger partial charge in [-0.15, -0.1) is 0 Å². The molecule has 0 aliphatic carbocycles. The summed E-state index contributed by atoms with van der Waals surface area (Å²) < 4.78 is 15.9. The zero-order valence-electron chi connectivity index (χ0n) is 11.9. The second-order valence-corrected chi connectivity index (χ2v) is 4.59. The van der Waals surface area contributed by atoms with Gasteiger partial charge < -0.3 is 19.5 Å². The Morgan fingerprint density at radius 3 is 2.75 bits per heavy atom. The molecule has 0 saturated carbocycles. The minimum atomic E-state index is -0.567. The van der Waals surface area contributed by atoms with E-state index in [0.717, 1.165) is 5.56 Å². The Hall–Kier alpha value is -1.48. The van der Waals surface area contributed by atoms with Crippen LogP contribution in [0.15, 0.2) is 12.1 Å². The molecule has 0 spiro atoms. The van der Waals surface area contributed by atoms with Gasteiger partial charge in [0.05, 0.1) is 13.7 Å². The number of nitrogens with one attached hydrogen (secondary N) is 1. The van der Waals surface area contributed by atoms with Crippen molar-refractivity contribution in [1.29, 1.82) is 5.26 Å². The third-order valence-corrected chi connectivity index (χ3v) is 2.81. The molecule has 1 atom stereocenters. The van der Waals surface area contributed by atoms with Crippen molar-refractivity contribution in [3.8, 4) is 17.6 Å². The maximum atomic E-state index is 8.88. The molecule has 5 nitrogen and oxygen atoms in total. The molecule has 6 heteroatoms. The highest BCUT2D eigenvalue weighted by Crippen LogP contribution is 2.35. The average molecular weight is 299 g/mol. The van der Waals surface area contributed by atoms with Crippen LogP contribution in [0.3, 0.4) is 0 Å². The Kier molecular flexibility index (Phi) is 7.16. The van der Waals surface area contributed by atoms with Gasteiger partial charge in [0, 0.05) is 36.9 Å². The van der Waals surface area contributed by atoms with Crippen molar-refractivity contribution in [2.24, 2.45) is 0 Å². The number of hydrogen-bond donors (Lipinski definition) is 1. The number of benzene rings is 1. The molecule has 0 heterocycles. The molecule has 0 aromatic heterocycles. The first-order valence-corrected chi connectivity index (χ1v) is 6.62. The summed E-state index contributed by atoms with van der Waals surface area (Å²) in [5.74, 6) is 1.05. The summed E-state index contributed by atoms with van der Waals surface area (Å²) in [6.45, 7) is 3.55. The van der Waals surface area contributed by atoms with E-state index in [9.17, 15) is 0 Å². The van der Waals surface area contributed by atoms with Crippen molar-refractivity contribution in [2.75, 3.05) is 27.4 Å². The Morgan fingerprint density at radius 2 is 2.15 bits per heavy atom. The molecule has 0 bridgehead atoms. The summed E-state index contributed by atoms with van der Waals surface area (Å²) >= 11 is 6.06. The largest absolute Gasteiger partial charge is 0.493 e. The van der Waals surface area contributed by atoms with Crippen molar-refractivity contribution >= 4 is 11.6 Å². The smallest absolute Gasteiger partial charge is 0.181 e. The standard InChI is InChI=1S/C14H19ClN2O3/c1-10(8-16)20-14-11(9-17-4-5-18-2)6-12(15)7-13(14)19-3/h6-7,10,17H,4-5,9H2,1-3H3. The number of methoxy groups -OCH3 is 2. The molecule has 20 heavy (non-hydrogen) atoms. The Bertz CT molecular complexity index is 474. The van der Waals surface area contributed by atoms with Crippen LogP contribution in [-0.2, 0) is 11.3 Å². The predicted molar refractivity (Wildman–Crippen MR) is 77.3 cm³/mol. The van der Waals surface area contributed by atoms with E-state index in [0.29, 0.717) is 36.2 Å². The normalized spacial score (nSPS) is 11.8. The lowest BCUT2D eigenvalue weighted by atomic mass is 10.1. The Morgan fingerprint density at radius 1 is 1.40 bits per heavy atom. The maximum absolute atomic E-state index is 8.88. The van der Waals surface area contributed by atoms with Crippen LogP contribution in [0.2, 0.25) is 5.02 Å². The van der Waals surface area contributed by atoms with Crippen LogP contribution in [0.5, 0.6) is 11.5 Å². The molecular weight excluding hydrogens is 280 g/mol. The van der Waals surface area contributed by atoms with E-state index < -0.39 is 6.10 Å².